The molecule has 0 saturated carbocycles. The number of hydrogen-bond donors (Lipinski definition) is 1. The first-order chi connectivity index (χ1) is 13.0. The highest BCUT2D eigenvalue weighted by Gasteiger charge is 2.15. The van der Waals surface area contributed by atoms with E-state index >= 15 is 0 Å². The maximum Gasteiger partial charge on any atom is 0.251 e. The van der Waals surface area contributed by atoms with Crippen LogP contribution in [0.3, 0.4) is 0 Å². The van der Waals surface area contributed by atoms with Gasteiger partial charge in [-0.05, 0) is 50.1 Å². The second-order valence-electron chi connectivity index (χ2n) is 6.67. The summed E-state index contributed by atoms with van der Waals surface area (Å²) in [6, 6.07) is 16.8. The highest BCUT2D eigenvalue weighted by Crippen LogP contribution is 2.13. The highest BCUT2D eigenvalue weighted by atomic mass is 16.5. The third-order valence-electron chi connectivity index (χ3n) is 3.95. The predicted octanol–water partition coefficient (Wildman–Crippen LogP) is 3.64. The number of hydrogen-bond acceptors (Lipinski definition) is 3. The first-order valence-electron chi connectivity index (χ1n) is 9.36. The van der Waals surface area contributed by atoms with E-state index in [0.29, 0.717) is 18.7 Å². The lowest BCUT2D eigenvalue weighted by Crippen LogP contribution is -2.40. The number of nitrogens with zero attached hydrogens (tertiary/aromatic N) is 1. The van der Waals surface area contributed by atoms with Crippen LogP contribution >= 0.6 is 0 Å². The Morgan fingerprint density at radius 2 is 1.70 bits per heavy atom. The van der Waals surface area contributed by atoms with Crippen LogP contribution in [-0.2, 0) is 11.3 Å². The summed E-state index contributed by atoms with van der Waals surface area (Å²) < 4.78 is 5.57. The number of rotatable bonds is 9. The normalized spacial score (nSPS) is 10.5. The summed E-state index contributed by atoms with van der Waals surface area (Å²) in [6.07, 6.45) is 0.945. The minimum absolute atomic E-state index is 0.0179. The van der Waals surface area contributed by atoms with E-state index in [1.54, 1.807) is 29.2 Å². The Kier molecular flexibility index (Phi) is 7.86. The standard InChI is InChI=1S/C22H28N2O3/c1-4-14-24(16-18-8-6-5-7-9-18)21(25)15-23-22(26)19-10-12-20(13-11-19)27-17(2)3/h5-13,17H,4,14-16H2,1-3H3,(H,23,26). The van der Waals surface area contributed by atoms with Crippen LogP contribution in [0, 0.1) is 0 Å². The molecule has 0 spiro atoms. The summed E-state index contributed by atoms with van der Waals surface area (Å²) >= 11 is 0. The number of carbonyl (C=O) groups excluding carboxylic acids is 2. The molecule has 2 aromatic carbocycles. The molecule has 0 fully saturated rings. The largest absolute Gasteiger partial charge is 0.491 e. The zero-order chi connectivity index (χ0) is 19.6. The average Bonchev–Trinajstić information content (AvgIpc) is 2.66. The Morgan fingerprint density at radius 1 is 1.04 bits per heavy atom. The predicted molar refractivity (Wildman–Crippen MR) is 107 cm³/mol. The molecule has 0 atom stereocenters. The van der Waals surface area contributed by atoms with E-state index in [4.69, 9.17) is 4.74 Å². The summed E-state index contributed by atoms with van der Waals surface area (Å²) in [5.74, 6) is 0.360. The van der Waals surface area contributed by atoms with Crippen LogP contribution in [0.1, 0.15) is 43.1 Å². The van der Waals surface area contributed by atoms with E-state index in [9.17, 15) is 9.59 Å². The zero-order valence-corrected chi connectivity index (χ0v) is 16.3. The topological polar surface area (TPSA) is 58.6 Å². The Hall–Kier alpha value is -2.82. The van der Waals surface area contributed by atoms with E-state index in [0.717, 1.165) is 17.7 Å². The molecule has 0 aliphatic carbocycles. The lowest BCUT2D eigenvalue weighted by atomic mass is 10.2. The summed E-state index contributed by atoms with van der Waals surface area (Å²) in [4.78, 5) is 26.6. The molecule has 2 amide bonds. The molecule has 2 rings (SSSR count). The van der Waals surface area contributed by atoms with E-state index in [2.05, 4.69) is 5.32 Å². The fraction of sp³-hybridized carbons (Fsp3) is 0.364. The molecule has 0 radical (unpaired) electrons. The zero-order valence-electron chi connectivity index (χ0n) is 16.3. The van der Waals surface area contributed by atoms with Crippen molar-refractivity contribution in [3.05, 3.63) is 65.7 Å². The molecule has 0 saturated heterocycles. The quantitative estimate of drug-likeness (QED) is 0.735. The molecule has 27 heavy (non-hydrogen) atoms. The summed E-state index contributed by atoms with van der Waals surface area (Å²) in [5, 5.41) is 2.71. The van der Waals surface area contributed by atoms with Crippen molar-refractivity contribution in [1.82, 2.24) is 10.2 Å². The Balaban J connectivity index is 1.90. The lowest BCUT2D eigenvalue weighted by Gasteiger charge is -2.22. The molecule has 0 unspecified atom stereocenters. The average molecular weight is 368 g/mol. The van der Waals surface area contributed by atoms with Crippen molar-refractivity contribution in [2.75, 3.05) is 13.1 Å². The van der Waals surface area contributed by atoms with E-state index in [1.807, 2.05) is 51.1 Å². The number of benzene rings is 2. The van der Waals surface area contributed by atoms with Gasteiger partial charge < -0.3 is 15.0 Å². The number of amides is 2. The van der Waals surface area contributed by atoms with E-state index in [-0.39, 0.29) is 24.5 Å². The molecule has 2 aromatic rings. The third kappa shape index (κ3) is 6.77. The van der Waals surface area contributed by atoms with Gasteiger partial charge in [-0.3, -0.25) is 9.59 Å². The minimum Gasteiger partial charge on any atom is -0.491 e. The van der Waals surface area contributed by atoms with Crippen molar-refractivity contribution < 1.29 is 14.3 Å². The van der Waals surface area contributed by atoms with Crippen molar-refractivity contribution in [2.45, 2.75) is 39.8 Å². The Morgan fingerprint density at radius 3 is 2.30 bits per heavy atom. The number of ether oxygens (including phenoxy) is 1. The first-order valence-corrected chi connectivity index (χ1v) is 9.36. The summed E-state index contributed by atoms with van der Waals surface area (Å²) in [6.45, 7) is 7.11. The van der Waals surface area contributed by atoms with Crippen LogP contribution < -0.4 is 10.1 Å². The van der Waals surface area contributed by atoms with Crippen molar-refractivity contribution in [3.8, 4) is 5.75 Å². The number of carbonyl (C=O) groups is 2. The molecule has 0 heterocycles. The van der Waals surface area contributed by atoms with Gasteiger partial charge in [0.2, 0.25) is 5.91 Å². The van der Waals surface area contributed by atoms with Gasteiger partial charge in [-0.25, -0.2) is 0 Å². The molecular weight excluding hydrogens is 340 g/mol. The van der Waals surface area contributed by atoms with Crippen molar-refractivity contribution in [3.63, 3.8) is 0 Å². The van der Waals surface area contributed by atoms with Gasteiger partial charge in [0.05, 0.1) is 12.6 Å². The van der Waals surface area contributed by atoms with Crippen molar-refractivity contribution in [2.24, 2.45) is 0 Å². The van der Waals surface area contributed by atoms with Gasteiger partial charge in [0.15, 0.2) is 0 Å². The third-order valence-corrected chi connectivity index (χ3v) is 3.95. The molecule has 0 aliphatic rings. The van der Waals surface area contributed by atoms with Crippen LogP contribution in [0.2, 0.25) is 0 Å². The van der Waals surface area contributed by atoms with Gasteiger partial charge in [-0.15, -0.1) is 0 Å². The van der Waals surface area contributed by atoms with Crippen molar-refractivity contribution in [1.29, 1.82) is 0 Å². The molecule has 0 bridgehead atoms. The SMILES string of the molecule is CCCN(Cc1ccccc1)C(=O)CNC(=O)c1ccc(OC(C)C)cc1. The van der Waals surface area contributed by atoms with Gasteiger partial charge in [-0.1, -0.05) is 37.3 Å². The Bertz CT molecular complexity index is 727. The maximum absolute atomic E-state index is 12.5. The molecule has 5 heteroatoms. The fourth-order valence-corrected chi connectivity index (χ4v) is 2.69. The van der Waals surface area contributed by atoms with Gasteiger partial charge in [-0.2, -0.15) is 0 Å². The Labute approximate surface area is 161 Å². The van der Waals surface area contributed by atoms with Gasteiger partial charge in [0, 0.05) is 18.7 Å². The second kappa shape index (κ2) is 10.4. The van der Waals surface area contributed by atoms with Crippen LogP contribution in [0.25, 0.3) is 0 Å². The number of nitrogens with one attached hydrogen (secondary N) is 1. The molecular formula is C22H28N2O3. The van der Waals surface area contributed by atoms with Gasteiger partial charge in [0.1, 0.15) is 5.75 Å². The van der Waals surface area contributed by atoms with Crippen LogP contribution in [0.5, 0.6) is 5.75 Å². The summed E-state index contributed by atoms with van der Waals surface area (Å²) in [5.41, 5.74) is 1.58. The summed E-state index contributed by atoms with van der Waals surface area (Å²) in [7, 11) is 0. The first kappa shape index (κ1) is 20.5. The van der Waals surface area contributed by atoms with E-state index < -0.39 is 0 Å². The molecule has 5 nitrogen and oxygen atoms in total. The second-order valence-corrected chi connectivity index (χ2v) is 6.67. The highest BCUT2D eigenvalue weighted by molar-refractivity contribution is 5.96. The molecule has 0 aromatic heterocycles. The monoisotopic (exact) mass is 368 g/mol. The van der Waals surface area contributed by atoms with Crippen LogP contribution in [0.4, 0.5) is 0 Å². The maximum atomic E-state index is 12.5. The van der Waals surface area contributed by atoms with Crippen LogP contribution in [-0.4, -0.2) is 35.9 Å². The molecule has 0 aliphatic heterocycles. The van der Waals surface area contributed by atoms with Gasteiger partial charge >= 0.3 is 0 Å². The molecule has 1 N–H and O–H groups in total. The molecule has 144 valence electrons. The van der Waals surface area contributed by atoms with Crippen molar-refractivity contribution >= 4 is 11.8 Å². The van der Waals surface area contributed by atoms with E-state index in [1.165, 1.54) is 0 Å². The fourth-order valence-electron chi connectivity index (χ4n) is 2.69. The minimum atomic E-state index is -0.268. The van der Waals surface area contributed by atoms with Crippen LogP contribution in [0.15, 0.2) is 54.6 Å². The smallest absolute Gasteiger partial charge is 0.251 e. The lowest BCUT2D eigenvalue weighted by molar-refractivity contribution is -0.130. The van der Waals surface area contributed by atoms with Gasteiger partial charge in [0.25, 0.3) is 5.91 Å².